The molecule has 27 heavy (non-hydrogen) atoms. The van der Waals surface area contributed by atoms with E-state index in [2.05, 4.69) is 4.98 Å². The number of rotatable bonds is 3. The smallest absolute Gasteiger partial charge is 0.345 e. The molecule has 4 rings (SSSR count). The van der Waals surface area contributed by atoms with Crippen LogP contribution in [-0.2, 0) is 4.79 Å². The van der Waals surface area contributed by atoms with Crippen LogP contribution in [0.4, 0.5) is 0 Å². The second-order valence-corrected chi connectivity index (χ2v) is 7.08. The molecule has 2 heterocycles. The predicted octanol–water partition coefficient (Wildman–Crippen LogP) is 5.16. The minimum atomic E-state index is -0.504. The molecule has 0 radical (unpaired) electrons. The Labute approximate surface area is 162 Å². The van der Waals surface area contributed by atoms with Gasteiger partial charge in [-0.25, -0.2) is 9.78 Å². The zero-order valence-corrected chi connectivity index (χ0v) is 15.6. The molecule has 2 aromatic heterocycles. The van der Waals surface area contributed by atoms with E-state index in [-0.39, 0.29) is 0 Å². The van der Waals surface area contributed by atoms with E-state index in [9.17, 15) is 9.59 Å². The van der Waals surface area contributed by atoms with Crippen molar-refractivity contribution >= 4 is 39.9 Å². The number of esters is 1. The van der Waals surface area contributed by atoms with Crippen molar-refractivity contribution in [2.75, 3.05) is 0 Å². The Morgan fingerprint density at radius 3 is 2.67 bits per heavy atom. The topological polar surface area (TPSA) is 69.4 Å². The highest BCUT2D eigenvalue weighted by molar-refractivity contribution is 7.13. The SMILES string of the molecule is CC(=O)Oc1ccc2cc(-c3csc(-c4ccc(Cl)cc4)n3)c(=O)oc2c1. The maximum atomic E-state index is 12.4. The number of carbonyl (C=O) groups is 1. The summed E-state index contributed by atoms with van der Waals surface area (Å²) >= 11 is 7.35. The lowest BCUT2D eigenvalue weighted by atomic mass is 10.1. The van der Waals surface area contributed by atoms with Crippen LogP contribution in [0.2, 0.25) is 5.02 Å². The number of aromatic nitrogens is 1. The first-order valence-electron chi connectivity index (χ1n) is 7.98. The van der Waals surface area contributed by atoms with Gasteiger partial charge in [0.25, 0.3) is 0 Å². The number of carbonyl (C=O) groups excluding carboxylic acids is 1. The predicted molar refractivity (Wildman–Crippen MR) is 105 cm³/mol. The maximum absolute atomic E-state index is 12.4. The van der Waals surface area contributed by atoms with Crippen LogP contribution >= 0.6 is 22.9 Å². The number of halogens is 1. The summed E-state index contributed by atoms with van der Waals surface area (Å²) < 4.78 is 10.4. The van der Waals surface area contributed by atoms with E-state index in [1.807, 2.05) is 17.5 Å². The Balaban J connectivity index is 1.73. The van der Waals surface area contributed by atoms with Crippen LogP contribution in [0.15, 0.2) is 63.1 Å². The zero-order valence-electron chi connectivity index (χ0n) is 14.1. The van der Waals surface area contributed by atoms with E-state index >= 15 is 0 Å². The summed E-state index contributed by atoms with van der Waals surface area (Å²) in [5.74, 6) is -0.116. The molecule has 0 bridgehead atoms. The normalized spacial score (nSPS) is 10.9. The Morgan fingerprint density at radius 2 is 1.93 bits per heavy atom. The molecule has 0 amide bonds. The van der Waals surface area contributed by atoms with Crippen LogP contribution in [0.1, 0.15) is 6.92 Å². The first kappa shape index (κ1) is 17.5. The lowest BCUT2D eigenvalue weighted by molar-refractivity contribution is -0.131. The Kier molecular flexibility index (Phi) is 4.51. The number of hydrogen-bond donors (Lipinski definition) is 0. The van der Waals surface area contributed by atoms with Gasteiger partial charge in [-0.3, -0.25) is 4.79 Å². The maximum Gasteiger partial charge on any atom is 0.345 e. The molecule has 0 saturated carbocycles. The highest BCUT2D eigenvalue weighted by Gasteiger charge is 2.13. The van der Waals surface area contributed by atoms with E-state index in [0.717, 1.165) is 10.6 Å². The van der Waals surface area contributed by atoms with Crippen molar-refractivity contribution in [3.63, 3.8) is 0 Å². The van der Waals surface area contributed by atoms with Crippen molar-refractivity contribution in [1.29, 1.82) is 0 Å². The van der Waals surface area contributed by atoms with Gasteiger partial charge in [-0.2, -0.15) is 0 Å². The van der Waals surface area contributed by atoms with Gasteiger partial charge in [0.2, 0.25) is 0 Å². The minimum Gasteiger partial charge on any atom is -0.427 e. The van der Waals surface area contributed by atoms with Crippen LogP contribution in [0.5, 0.6) is 5.75 Å². The van der Waals surface area contributed by atoms with Gasteiger partial charge in [0.1, 0.15) is 16.3 Å². The van der Waals surface area contributed by atoms with Crippen LogP contribution in [0.25, 0.3) is 32.8 Å². The number of nitrogens with zero attached hydrogens (tertiary/aromatic N) is 1. The molecule has 0 saturated heterocycles. The fourth-order valence-electron chi connectivity index (χ4n) is 2.62. The molecule has 0 spiro atoms. The molecule has 0 unspecified atom stereocenters. The lowest BCUT2D eigenvalue weighted by Gasteiger charge is -2.03. The van der Waals surface area contributed by atoms with Crippen molar-refractivity contribution in [1.82, 2.24) is 4.98 Å². The molecule has 7 heteroatoms. The molecule has 0 aliphatic carbocycles. The summed E-state index contributed by atoms with van der Waals surface area (Å²) in [6, 6.07) is 14.0. The molecule has 134 valence electrons. The van der Waals surface area contributed by atoms with Gasteiger partial charge in [0.15, 0.2) is 0 Å². The summed E-state index contributed by atoms with van der Waals surface area (Å²) in [6.07, 6.45) is 0. The number of thiazole rings is 1. The van der Waals surface area contributed by atoms with Crippen LogP contribution in [0, 0.1) is 0 Å². The van der Waals surface area contributed by atoms with E-state index in [1.54, 1.807) is 30.3 Å². The molecule has 5 nitrogen and oxygen atoms in total. The minimum absolute atomic E-state index is 0.324. The van der Waals surface area contributed by atoms with E-state index in [4.69, 9.17) is 20.8 Å². The molecule has 0 N–H and O–H groups in total. The Morgan fingerprint density at radius 1 is 1.15 bits per heavy atom. The monoisotopic (exact) mass is 397 g/mol. The van der Waals surface area contributed by atoms with Gasteiger partial charge in [0, 0.05) is 34.3 Å². The molecule has 0 fully saturated rings. The number of hydrogen-bond acceptors (Lipinski definition) is 6. The van der Waals surface area contributed by atoms with Gasteiger partial charge < -0.3 is 9.15 Å². The van der Waals surface area contributed by atoms with E-state index in [0.29, 0.717) is 33.0 Å². The van der Waals surface area contributed by atoms with Gasteiger partial charge in [-0.15, -0.1) is 11.3 Å². The van der Waals surface area contributed by atoms with E-state index < -0.39 is 11.6 Å². The standard InChI is InChI=1S/C20H12ClNO4S/c1-11(23)25-15-7-4-13-8-16(20(24)26-18(13)9-15)17-10-27-19(22-17)12-2-5-14(21)6-3-12/h2-10H,1H3. The Bertz CT molecular complexity index is 1210. The van der Waals surface area contributed by atoms with Gasteiger partial charge in [0.05, 0.1) is 11.3 Å². The summed E-state index contributed by atoms with van der Waals surface area (Å²) in [6.45, 7) is 1.31. The van der Waals surface area contributed by atoms with Gasteiger partial charge in [-0.05, 0) is 30.3 Å². The lowest BCUT2D eigenvalue weighted by Crippen LogP contribution is -2.04. The third-order valence-corrected chi connectivity index (χ3v) is 4.98. The molecular weight excluding hydrogens is 386 g/mol. The second kappa shape index (κ2) is 6.98. The van der Waals surface area contributed by atoms with Crippen LogP contribution in [-0.4, -0.2) is 11.0 Å². The van der Waals surface area contributed by atoms with Crippen molar-refractivity contribution in [2.45, 2.75) is 6.92 Å². The fraction of sp³-hybridized carbons (Fsp3) is 0.0500. The van der Waals surface area contributed by atoms with Gasteiger partial charge >= 0.3 is 11.6 Å². The third kappa shape index (κ3) is 3.63. The van der Waals surface area contributed by atoms with Crippen molar-refractivity contribution in [2.24, 2.45) is 0 Å². The van der Waals surface area contributed by atoms with Crippen LogP contribution in [0.3, 0.4) is 0 Å². The summed E-state index contributed by atoms with van der Waals surface area (Å²) in [5, 5.41) is 3.96. The fourth-order valence-corrected chi connectivity index (χ4v) is 3.57. The Hall–Kier alpha value is -2.96. The third-order valence-electron chi connectivity index (χ3n) is 3.84. The van der Waals surface area contributed by atoms with E-state index in [1.165, 1.54) is 24.3 Å². The van der Waals surface area contributed by atoms with Gasteiger partial charge in [-0.1, -0.05) is 23.7 Å². The quantitative estimate of drug-likeness (QED) is 0.271. The molecule has 4 aromatic rings. The average molecular weight is 398 g/mol. The highest BCUT2D eigenvalue weighted by atomic mass is 35.5. The number of fused-ring (bicyclic) bond motifs is 1. The highest BCUT2D eigenvalue weighted by Crippen LogP contribution is 2.30. The molecule has 0 atom stereocenters. The summed E-state index contributed by atoms with van der Waals surface area (Å²) in [5.41, 5.74) is 1.68. The second-order valence-electron chi connectivity index (χ2n) is 5.79. The molecule has 0 aliphatic rings. The first-order chi connectivity index (χ1) is 13.0. The van der Waals surface area contributed by atoms with Crippen molar-refractivity contribution in [3.05, 3.63) is 69.4 Å². The first-order valence-corrected chi connectivity index (χ1v) is 9.23. The molecule has 0 aliphatic heterocycles. The van der Waals surface area contributed by atoms with Crippen LogP contribution < -0.4 is 10.4 Å². The van der Waals surface area contributed by atoms with Crippen molar-refractivity contribution < 1.29 is 13.9 Å². The number of ether oxygens (including phenoxy) is 1. The largest absolute Gasteiger partial charge is 0.427 e. The average Bonchev–Trinajstić information content (AvgIpc) is 3.11. The molecule has 2 aromatic carbocycles. The zero-order chi connectivity index (χ0) is 19.0. The van der Waals surface area contributed by atoms with Crippen molar-refractivity contribution in [3.8, 4) is 27.6 Å². The summed E-state index contributed by atoms with van der Waals surface area (Å²) in [4.78, 5) is 28.0. The molecular formula is C20H12ClNO4S. The summed E-state index contributed by atoms with van der Waals surface area (Å²) in [7, 11) is 0. The number of benzene rings is 2.